The molecule has 0 amide bonds. The van der Waals surface area contributed by atoms with E-state index in [9.17, 15) is 4.79 Å². The molecule has 2 aromatic rings. The first-order valence-electron chi connectivity index (χ1n) is 4.40. The van der Waals surface area contributed by atoms with E-state index >= 15 is 0 Å². The third-order valence-corrected chi connectivity index (χ3v) is 2.59. The molecule has 1 aromatic heterocycles. The minimum absolute atomic E-state index is 0.359. The SMILES string of the molecule is COC(=O)c1cc(Br)cc2oc(C)cc12. The van der Waals surface area contributed by atoms with Gasteiger partial charge in [0.2, 0.25) is 0 Å². The molecule has 0 atom stereocenters. The molecule has 0 saturated heterocycles. The number of benzene rings is 1. The molecule has 15 heavy (non-hydrogen) atoms. The summed E-state index contributed by atoms with van der Waals surface area (Å²) in [6, 6.07) is 5.38. The highest BCUT2D eigenvalue weighted by molar-refractivity contribution is 9.10. The number of hydrogen-bond donors (Lipinski definition) is 0. The van der Waals surface area contributed by atoms with Crippen molar-refractivity contribution in [3.63, 3.8) is 0 Å². The fraction of sp³-hybridized carbons (Fsp3) is 0.182. The fourth-order valence-corrected chi connectivity index (χ4v) is 1.95. The van der Waals surface area contributed by atoms with Gasteiger partial charge in [-0.25, -0.2) is 4.79 Å². The first kappa shape index (κ1) is 10.2. The number of fused-ring (bicyclic) bond motifs is 1. The first-order valence-corrected chi connectivity index (χ1v) is 5.19. The van der Waals surface area contributed by atoms with E-state index in [1.807, 2.05) is 19.1 Å². The van der Waals surface area contributed by atoms with E-state index in [2.05, 4.69) is 15.9 Å². The lowest BCUT2D eigenvalue weighted by molar-refractivity contribution is 0.0603. The van der Waals surface area contributed by atoms with Gasteiger partial charge in [0, 0.05) is 9.86 Å². The van der Waals surface area contributed by atoms with Gasteiger partial charge in [-0.1, -0.05) is 15.9 Å². The van der Waals surface area contributed by atoms with Crippen LogP contribution in [0.3, 0.4) is 0 Å². The molecule has 0 bridgehead atoms. The summed E-state index contributed by atoms with van der Waals surface area (Å²) in [5.74, 6) is 0.412. The number of halogens is 1. The van der Waals surface area contributed by atoms with Gasteiger partial charge in [-0.15, -0.1) is 0 Å². The van der Waals surface area contributed by atoms with Gasteiger partial charge in [0.05, 0.1) is 12.7 Å². The average molecular weight is 269 g/mol. The zero-order valence-electron chi connectivity index (χ0n) is 8.33. The minimum Gasteiger partial charge on any atom is -0.465 e. The van der Waals surface area contributed by atoms with Crippen molar-refractivity contribution in [3.05, 3.63) is 34.0 Å². The Kier molecular flexibility index (Phi) is 2.52. The molecule has 0 aliphatic rings. The molecule has 0 N–H and O–H groups in total. The number of furan rings is 1. The number of methoxy groups -OCH3 is 1. The van der Waals surface area contributed by atoms with Crippen molar-refractivity contribution in [2.45, 2.75) is 6.92 Å². The van der Waals surface area contributed by atoms with Gasteiger partial charge in [-0.05, 0) is 25.1 Å². The van der Waals surface area contributed by atoms with Crippen molar-refractivity contribution in [1.82, 2.24) is 0 Å². The van der Waals surface area contributed by atoms with Crippen LogP contribution >= 0.6 is 15.9 Å². The van der Waals surface area contributed by atoms with Crippen LogP contribution < -0.4 is 0 Å². The molecule has 3 nitrogen and oxygen atoms in total. The van der Waals surface area contributed by atoms with Gasteiger partial charge >= 0.3 is 5.97 Å². The summed E-state index contributed by atoms with van der Waals surface area (Å²) >= 11 is 3.32. The third-order valence-electron chi connectivity index (χ3n) is 2.13. The Bertz CT molecular complexity index is 528. The highest BCUT2D eigenvalue weighted by Crippen LogP contribution is 2.27. The van der Waals surface area contributed by atoms with E-state index in [1.165, 1.54) is 7.11 Å². The Balaban J connectivity index is 2.75. The van der Waals surface area contributed by atoms with Crippen LogP contribution in [-0.2, 0) is 4.74 Å². The maximum atomic E-state index is 11.5. The van der Waals surface area contributed by atoms with Crippen LogP contribution in [0.2, 0.25) is 0 Å². The predicted octanol–water partition coefficient (Wildman–Crippen LogP) is 3.29. The monoisotopic (exact) mass is 268 g/mol. The maximum Gasteiger partial charge on any atom is 0.338 e. The third kappa shape index (κ3) is 1.77. The Morgan fingerprint density at radius 3 is 2.80 bits per heavy atom. The largest absolute Gasteiger partial charge is 0.465 e. The second-order valence-corrected chi connectivity index (χ2v) is 4.13. The molecule has 0 spiro atoms. The second kappa shape index (κ2) is 3.70. The van der Waals surface area contributed by atoms with E-state index in [0.29, 0.717) is 11.1 Å². The van der Waals surface area contributed by atoms with Crippen molar-refractivity contribution in [3.8, 4) is 0 Å². The van der Waals surface area contributed by atoms with Gasteiger partial charge in [0.1, 0.15) is 11.3 Å². The van der Waals surface area contributed by atoms with Gasteiger partial charge in [0.25, 0.3) is 0 Å². The maximum absolute atomic E-state index is 11.5. The molecule has 0 unspecified atom stereocenters. The van der Waals surface area contributed by atoms with Crippen molar-refractivity contribution >= 4 is 32.9 Å². The van der Waals surface area contributed by atoms with E-state index in [4.69, 9.17) is 9.15 Å². The first-order chi connectivity index (χ1) is 7.11. The zero-order chi connectivity index (χ0) is 11.0. The number of aryl methyl sites for hydroxylation is 1. The standard InChI is InChI=1S/C11H9BrO3/c1-6-3-8-9(11(13)14-2)4-7(12)5-10(8)15-6/h3-5H,1-2H3. The lowest BCUT2D eigenvalue weighted by Crippen LogP contribution is -2.01. The molecular weight excluding hydrogens is 260 g/mol. The molecule has 1 aromatic carbocycles. The minimum atomic E-state index is -0.359. The number of esters is 1. The molecule has 1 heterocycles. The zero-order valence-corrected chi connectivity index (χ0v) is 9.92. The summed E-state index contributed by atoms with van der Waals surface area (Å²) in [6.45, 7) is 1.84. The summed E-state index contributed by atoms with van der Waals surface area (Å²) in [6.07, 6.45) is 0. The lowest BCUT2D eigenvalue weighted by Gasteiger charge is -2.00. The molecule has 2 rings (SSSR count). The van der Waals surface area contributed by atoms with Crippen molar-refractivity contribution in [2.75, 3.05) is 7.11 Å². The van der Waals surface area contributed by atoms with Crippen LogP contribution in [0.1, 0.15) is 16.1 Å². The van der Waals surface area contributed by atoms with Crippen LogP contribution in [0.15, 0.2) is 27.1 Å². The molecule has 4 heteroatoms. The second-order valence-electron chi connectivity index (χ2n) is 3.21. The number of carbonyl (C=O) groups is 1. The Labute approximate surface area is 95.1 Å². The summed E-state index contributed by atoms with van der Waals surface area (Å²) in [5, 5.41) is 0.780. The smallest absolute Gasteiger partial charge is 0.338 e. The topological polar surface area (TPSA) is 39.4 Å². The van der Waals surface area contributed by atoms with Crippen LogP contribution in [0.4, 0.5) is 0 Å². The number of hydrogen-bond acceptors (Lipinski definition) is 3. The highest BCUT2D eigenvalue weighted by Gasteiger charge is 2.14. The van der Waals surface area contributed by atoms with Crippen molar-refractivity contribution < 1.29 is 13.9 Å². The van der Waals surface area contributed by atoms with E-state index in [1.54, 1.807) is 6.07 Å². The molecule has 0 aliphatic carbocycles. The van der Waals surface area contributed by atoms with Crippen molar-refractivity contribution in [1.29, 1.82) is 0 Å². The molecule has 0 radical (unpaired) electrons. The van der Waals surface area contributed by atoms with E-state index in [0.717, 1.165) is 15.6 Å². The number of rotatable bonds is 1. The molecule has 0 aliphatic heterocycles. The Morgan fingerprint density at radius 2 is 2.13 bits per heavy atom. The molecular formula is C11H9BrO3. The van der Waals surface area contributed by atoms with Gasteiger partial charge < -0.3 is 9.15 Å². The number of carbonyl (C=O) groups excluding carboxylic acids is 1. The van der Waals surface area contributed by atoms with Crippen molar-refractivity contribution in [2.24, 2.45) is 0 Å². The number of ether oxygens (including phenoxy) is 1. The highest BCUT2D eigenvalue weighted by atomic mass is 79.9. The summed E-state index contributed by atoms with van der Waals surface area (Å²) in [5.41, 5.74) is 1.20. The fourth-order valence-electron chi connectivity index (χ4n) is 1.51. The van der Waals surface area contributed by atoms with Gasteiger partial charge in [0.15, 0.2) is 0 Å². The molecule has 78 valence electrons. The Morgan fingerprint density at radius 1 is 1.40 bits per heavy atom. The summed E-state index contributed by atoms with van der Waals surface area (Å²) in [7, 11) is 1.36. The Hall–Kier alpha value is -1.29. The summed E-state index contributed by atoms with van der Waals surface area (Å²) in [4.78, 5) is 11.5. The quantitative estimate of drug-likeness (QED) is 0.746. The molecule has 0 fully saturated rings. The van der Waals surface area contributed by atoms with E-state index in [-0.39, 0.29) is 5.97 Å². The van der Waals surface area contributed by atoms with Crippen LogP contribution in [0.5, 0.6) is 0 Å². The molecule has 0 saturated carbocycles. The predicted molar refractivity (Wildman–Crippen MR) is 60.0 cm³/mol. The normalized spacial score (nSPS) is 10.6. The van der Waals surface area contributed by atoms with Crippen LogP contribution in [-0.4, -0.2) is 13.1 Å². The van der Waals surface area contributed by atoms with E-state index < -0.39 is 0 Å². The van der Waals surface area contributed by atoms with Gasteiger partial charge in [-0.2, -0.15) is 0 Å². The van der Waals surface area contributed by atoms with Crippen LogP contribution in [0, 0.1) is 6.92 Å². The lowest BCUT2D eigenvalue weighted by atomic mass is 10.1. The summed E-state index contributed by atoms with van der Waals surface area (Å²) < 4.78 is 10.9. The van der Waals surface area contributed by atoms with Crippen LogP contribution in [0.25, 0.3) is 11.0 Å². The average Bonchev–Trinajstić information content (AvgIpc) is 2.55. The van der Waals surface area contributed by atoms with Gasteiger partial charge in [-0.3, -0.25) is 0 Å².